The molecule has 1 saturated heterocycles. The first-order valence-electron chi connectivity index (χ1n) is 9.34. The van der Waals surface area contributed by atoms with Gasteiger partial charge in [-0.2, -0.15) is 0 Å². The van der Waals surface area contributed by atoms with Gasteiger partial charge >= 0.3 is 0 Å². The number of halogens is 2. The van der Waals surface area contributed by atoms with Crippen LogP contribution < -0.4 is 15.5 Å². The van der Waals surface area contributed by atoms with Gasteiger partial charge in [0.15, 0.2) is 5.96 Å². The average Bonchev–Trinajstić information content (AvgIpc) is 3.27. The van der Waals surface area contributed by atoms with E-state index in [-0.39, 0.29) is 24.0 Å². The number of pyridine rings is 1. The summed E-state index contributed by atoms with van der Waals surface area (Å²) in [6, 6.07) is 4.13. The second-order valence-corrected chi connectivity index (χ2v) is 7.06. The summed E-state index contributed by atoms with van der Waals surface area (Å²) in [4.78, 5) is 11.4. The predicted molar refractivity (Wildman–Crippen MR) is 121 cm³/mol. The fourth-order valence-corrected chi connectivity index (χ4v) is 3.71. The number of nitrogens with zero attached hydrogens (tertiary/aromatic N) is 3. The Hall–Kier alpha value is -1.02. The molecule has 1 unspecified atom stereocenters. The van der Waals surface area contributed by atoms with Gasteiger partial charge in [0, 0.05) is 38.4 Å². The quantitative estimate of drug-likeness (QED) is 0.275. The van der Waals surface area contributed by atoms with Crippen molar-refractivity contribution >= 4 is 47.4 Å². The highest BCUT2D eigenvalue weighted by Crippen LogP contribution is 2.25. The lowest BCUT2D eigenvalue weighted by molar-refractivity contribution is 0.648. The Labute approximate surface area is 178 Å². The molecule has 2 heterocycles. The lowest BCUT2D eigenvalue weighted by Crippen LogP contribution is -2.44. The first-order valence-corrected chi connectivity index (χ1v) is 9.72. The molecule has 7 heteroatoms. The highest BCUT2D eigenvalue weighted by molar-refractivity contribution is 14.0. The number of rotatable bonds is 6. The number of hydrogen-bond acceptors (Lipinski definition) is 3. The van der Waals surface area contributed by atoms with E-state index in [0.717, 1.165) is 50.8 Å². The molecular weight excluding hydrogens is 461 g/mol. The number of aliphatic imine (C=N–C) groups is 1. The van der Waals surface area contributed by atoms with Gasteiger partial charge in [-0.15, -0.1) is 24.0 Å². The van der Waals surface area contributed by atoms with Gasteiger partial charge in [-0.3, -0.25) is 4.99 Å². The van der Waals surface area contributed by atoms with Gasteiger partial charge in [0.1, 0.15) is 5.82 Å². The number of allylic oxidation sites excluding steroid dienone is 1. The maximum atomic E-state index is 6.27. The Morgan fingerprint density at radius 1 is 1.46 bits per heavy atom. The molecule has 1 aliphatic carbocycles. The molecule has 0 saturated carbocycles. The van der Waals surface area contributed by atoms with Crippen LogP contribution in [0.2, 0.25) is 5.02 Å². The molecule has 5 nitrogen and oxygen atoms in total. The van der Waals surface area contributed by atoms with E-state index in [9.17, 15) is 0 Å². The summed E-state index contributed by atoms with van der Waals surface area (Å²) in [6.45, 7) is 5.68. The van der Waals surface area contributed by atoms with E-state index >= 15 is 0 Å². The van der Waals surface area contributed by atoms with Crippen LogP contribution >= 0.6 is 35.6 Å². The Bertz CT molecular complexity index is 634. The molecule has 1 atom stereocenters. The van der Waals surface area contributed by atoms with Crippen molar-refractivity contribution in [2.45, 2.75) is 45.1 Å². The van der Waals surface area contributed by atoms with E-state index in [4.69, 9.17) is 16.6 Å². The van der Waals surface area contributed by atoms with Crippen LogP contribution in [0.25, 0.3) is 0 Å². The molecule has 0 spiro atoms. The summed E-state index contributed by atoms with van der Waals surface area (Å²) in [7, 11) is 0. The summed E-state index contributed by atoms with van der Waals surface area (Å²) in [5.74, 6) is 1.80. The van der Waals surface area contributed by atoms with E-state index in [0.29, 0.717) is 11.1 Å². The maximum Gasteiger partial charge on any atom is 0.191 e. The van der Waals surface area contributed by atoms with Crippen molar-refractivity contribution in [3.63, 3.8) is 0 Å². The average molecular weight is 490 g/mol. The van der Waals surface area contributed by atoms with Crippen LogP contribution in [-0.4, -0.2) is 43.2 Å². The zero-order valence-electron chi connectivity index (χ0n) is 15.4. The van der Waals surface area contributed by atoms with E-state index in [1.54, 1.807) is 11.8 Å². The minimum absolute atomic E-state index is 0. The third-order valence-electron chi connectivity index (χ3n) is 4.75. The molecule has 0 radical (unpaired) electrons. The molecule has 2 aliphatic rings. The van der Waals surface area contributed by atoms with E-state index < -0.39 is 0 Å². The molecule has 0 amide bonds. The summed E-state index contributed by atoms with van der Waals surface area (Å²) in [5.41, 5.74) is 1.57. The first kappa shape index (κ1) is 21.3. The molecule has 1 fully saturated rings. The third kappa shape index (κ3) is 6.01. The molecule has 1 aromatic heterocycles. The molecule has 2 N–H and O–H groups in total. The molecule has 26 heavy (non-hydrogen) atoms. The third-order valence-corrected chi connectivity index (χ3v) is 5.04. The van der Waals surface area contributed by atoms with Crippen LogP contribution in [0.5, 0.6) is 0 Å². The molecule has 3 rings (SSSR count). The zero-order valence-corrected chi connectivity index (χ0v) is 18.5. The summed E-state index contributed by atoms with van der Waals surface area (Å²) >= 11 is 6.27. The van der Waals surface area contributed by atoms with Crippen molar-refractivity contribution in [2.75, 3.05) is 31.1 Å². The number of hydrogen-bond donors (Lipinski definition) is 2. The molecule has 1 aromatic rings. The highest BCUT2D eigenvalue weighted by Gasteiger charge is 2.25. The molecule has 144 valence electrons. The topological polar surface area (TPSA) is 52.6 Å². The van der Waals surface area contributed by atoms with Gasteiger partial charge in [-0.05, 0) is 51.2 Å². The number of aromatic nitrogens is 1. The summed E-state index contributed by atoms with van der Waals surface area (Å²) in [6.07, 6.45) is 10.1. The lowest BCUT2D eigenvalue weighted by Gasteiger charge is -2.20. The molecule has 0 aromatic carbocycles. The van der Waals surface area contributed by atoms with E-state index in [2.05, 4.69) is 33.5 Å². The Balaban J connectivity index is 0.00000243. The van der Waals surface area contributed by atoms with Crippen LogP contribution in [0.1, 0.15) is 39.0 Å². The SMILES string of the molecule is CCNC(=NCCC1=CCCC1)NC1CCN(c2ncccc2Cl)C1.I. The van der Waals surface area contributed by atoms with Gasteiger partial charge in [-0.25, -0.2) is 4.98 Å². The summed E-state index contributed by atoms with van der Waals surface area (Å²) in [5, 5.41) is 7.64. The lowest BCUT2D eigenvalue weighted by atomic mass is 10.2. The fraction of sp³-hybridized carbons (Fsp3) is 0.579. The van der Waals surface area contributed by atoms with Crippen LogP contribution in [0.4, 0.5) is 5.82 Å². The monoisotopic (exact) mass is 489 g/mol. The maximum absolute atomic E-state index is 6.27. The van der Waals surface area contributed by atoms with Gasteiger partial charge in [0.25, 0.3) is 0 Å². The van der Waals surface area contributed by atoms with Crippen LogP contribution in [0.3, 0.4) is 0 Å². The van der Waals surface area contributed by atoms with Gasteiger partial charge in [-0.1, -0.05) is 23.3 Å². The Kier molecular flexibility index (Phi) is 8.98. The van der Waals surface area contributed by atoms with Crippen molar-refractivity contribution in [3.05, 3.63) is 35.0 Å². The van der Waals surface area contributed by atoms with Crippen LogP contribution in [-0.2, 0) is 0 Å². The minimum Gasteiger partial charge on any atom is -0.357 e. The number of anilines is 1. The van der Waals surface area contributed by atoms with Gasteiger partial charge in [0.2, 0.25) is 0 Å². The first-order chi connectivity index (χ1) is 12.3. The van der Waals surface area contributed by atoms with E-state index in [1.165, 1.54) is 19.3 Å². The molecule has 1 aliphatic heterocycles. The van der Waals surface area contributed by atoms with Gasteiger partial charge < -0.3 is 15.5 Å². The van der Waals surface area contributed by atoms with Crippen molar-refractivity contribution < 1.29 is 0 Å². The van der Waals surface area contributed by atoms with Crippen LogP contribution in [0, 0.1) is 0 Å². The van der Waals surface area contributed by atoms with Crippen molar-refractivity contribution in [2.24, 2.45) is 4.99 Å². The molecular formula is C19H29ClIN5. The van der Waals surface area contributed by atoms with Crippen molar-refractivity contribution in [3.8, 4) is 0 Å². The standard InChI is InChI=1S/C19H28ClN5.HI/c1-2-21-19(23-12-9-15-6-3-4-7-15)24-16-10-13-25(14-16)18-17(20)8-5-11-22-18;/h5-6,8,11,16H,2-4,7,9-10,12-14H2,1H3,(H2,21,23,24);1H. The Morgan fingerprint density at radius 2 is 2.35 bits per heavy atom. The number of guanidine groups is 1. The van der Waals surface area contributed by atoms with Crippen LogP contribution in [0.15, 0.2) is 35.0 Å². The largest absolute Gasteiger partial charge is 0.357 e. The summed E-state index contributed by atoms with van der Waals surface area (Å²) < 4.78 is 0. The number of nitrogens with one attached hydrogen (secondary N) is 2. The van der Waals surface area contributed by atoms with E-state index in [1.807, 2.05) is 12.1 Å². The second kappa shape index (κ2) is 11.0. The smallest absolute Gasteiger partial charge is 0.191 e. The van der Waals surface area contributed by atoms with Gasteiger partial charge in [0.05, 0.1) is 5.02 Å². The highest BCUT2D eigenvalue weighted by atomic mass is 127. The van der Waals surface area contributed by atoms with Crippen molar-refractivity contribution in [1.82, 2.24) is 15.6 Å². The normalized spacial score (nSPS) is 19.9. The zero-order chi connectivity index (χ0) is 17.5. The predicted octanol–water partition coefficient (Wildman–Crippen LogP) is 3.99. The molecule has 0 bridgehead atoms. The minimum atomic E-state index is 0. The Morgan fingerprint density at radius 3 is 3.08 bits per heavy atom. The fourth-order valence-electron chi connectivity index (χ4n) is 3.47. The van der Waals surface area contributed by atoms with Crippen molar-refractivity contribution in [1.29, 1.82) is 0 Å². The second-order valence-electron chi connectivity index (χ2n) is 6.65.